The van der Waals surface area contributed by atoms with Crippen molar-refractivity contribution in [1.29, 1.82) is 0 Å². The number of hydrogen-bond acceptors (Lipinski definition) is 3. The first-order valence-electron chi connectivity index (χ1n) is 7.85. The molecule has 0 aliphatic heterocycles. The standard InChI is InChI=1S/C18H28O3/c1-5-6-7-8-9-17(13-20-4)21-18(19)16-11-14(2)10-15(3)12-16/h10-12,17H,5-9,13H2,1-4H3. The van der Waals surface area contributed by atoms with E-state index in [4.69, 9.17) is 9.47 Å². The van der Waals surface area contributed by atoms with Crippen LogP contribution in [0.3, 0.4) is 0 Å². The molecule has 0 aliphatic carbocycles. The monoisotopic (exact) mass is 292 g/mol. The second-order valence-electron chi connectivity index (χ2n) is 5.71. The van der Waals surface area contributed by atoms with E-state index in [-0.39, 0.29) is 12.1 Å². The van der Waals surface area contributed by atoms with Gasteiger partial charge >= 0.3 is 5.97 Å². The van der Waals surface area contributed by atoms with Crippen molar-refractivity contribution in [3.8, 4) is 0 Å². The van der Waals surface area contributed by atoms with Gasteiger partial charge in [0.05, 0.1) is 12.2 Å². The van der Waals surface area contributed by atoms with Crippen LogP contribution in [0.15, 0.2) is 18.2 Å². The summed E-state index contributed by atoms with van der Waals surface area (Å²) in [6.45, 7) is 6.62. The van der Waals surface area contributed by atoms with Crippen LogP contribution in [0, 0.1) is 13.8 Å². The number of carbonyl (C=O) groups excluding carboxylic acids is 1. The molecule has 0 aliphatic rings. The lowest BCUT2D eigenvalue weighted by molar-refractivity contribution is 0.00236. The van der Waals surface area contributed by atoms with Crippen LogP contribution < -0.4 is 0 Å². The van der Waals surface area contributed by atoms with E-state index in [1.165, 1.54) is 19.3 Å². The first kappa shape index (κ1) is 17.7. The average Bonchev–Trinajstić information content (AvgIpc) is 2.42. The molecule has 0 heterocycles. The number of aryl methyl sites for hydroxylation is 2. The van der Waals surface area contributed by atoms with E-state index in [1.54, 1.807) is 7.11 Å². The summed E-state index contributed by atoms with van der Waals surface area (Å²) < 4.78 is 10.8. The molecule has 21 heavy (non-hydrogen) atoms. The summed E-state index contributed by atoms with van der Waals surface area (Å²) in [5.74, 6) is -0.251. The van der Waals surface area contributed by atoms with Crippen LogP contribution in [0.1, 0.15) is 60.5 Å². The summed E-state index contributed by atoms with van der Waals surface area (Å²) in [6.07, 6.45) is 5.40. The highest BCUT2D eigenvalue weighted by Crippen LogP contribution is 2.14. The topological polar surface area (TPSA) is 35.5 Å². The van der Waals surface area contributed by atoms with E-state index in [9.17, 15) is 4.79 Å². The van der Waals surface area contributed by atoms with Gasteiger partial charge < -0.3 is 9.47 Å². The van der Waals surface area contributed by atoms with Crippen molar-refractivity contribution in [1.82, 2.24) is 0 Å². The van der Waals surface area contributed by atoms with Crippen molar-refractivity contribution in [2.45, 2.75) is 59.0 Å². The lowest BCUT2D eigenvalue weighted by Gasteiger charge is -2.17. The van der Waals surface area contributed by atoms with Crippen molar-refractivity contribution < 1.29 is 14.3 Å². The van der Waals surface area contributed by atoms with E-state index < -0.39 is 0 Å². The van der Waals surface area contributed by atoms with Crippen LogP contribution in [0.5, 0.6) is 0 Å². The highest BCUT2D eigenvalue weighted by atomic mass is 16.6. The maximum Gasteiger partial charge on any atom is 0.338 e. The van der Waals surface area contributed by atoms with Crippen LogP contribution in [0.2, 0.25) is 0 Å². The average molecular weight is 292 g/mol. The Bertz CT molecular complexity index is 420. The van der Waals surface area contributed by atoms with E-state index in [0.29, 0.717) is 12.2 Å². The maximum absolute atomic E-state index is 12.2. The molecule has 1 rings (SSSR count). The molecule has 3 heteroatoms. The molecule has 0 radical (unpaired) electrons. The quantitative estimate of drug-likeness (QED) is 0.498. The Kier molecular flexibility index (Phi) is 8.06. The molecular weight excluding hydrogens is 264 g/mol. The number of hydrogen-bond donors (Lipinski definition) is 0. The Morgan fingerprint density at radius 1 is 1.10 bits per heavy atom. The van der Waals surface area contributed by atoms with Crippen LogP contribution >= 0.6 is 0 Å². The van der Waals surface area contributed by atoms with Gasteiger partial charge in [-0.1, -0.05) is 43.4 Å². The molecule has 0 N–H and O–H groups in total. The number of rotatable bonds is 9. The Morgan fingerprint density at radius 3 is 2.33 bits per heavy atom. The van der Waals surface area contributed by atoms with Gasteiger partial charge in [0.2, 0.25) is 0 Å². The summed E-state index contributed by atoms with van der Waals surface area (Å²) in [5.41, 5.74) is 2.78. The molecule has 0 aromatic heterocycles. The van der Waals surface area contributed by atoms with E-state index in [2.05, 4.69) is 6.92 Å². The lowest BCUT2D eigenvalue weighted by atomic mass is 10.1. The summed E-state index contributed by atoms with van der Waals surface area (Å²) in [5, 5.41) is 0. The molecule has 0 saturated heterocycles. The largest absolute Gasteiger partial charge is 0.456 e. The third kappa shape index (κ3) is 6.76. The zero-order chi connectivity index (χ0) is 15.7. The van der Waals surface area contributed by atoms with Crippen molar-refractivity contribution in [2.75, 3.05) is 13.7 Å². The summed E-state index contributed by atoms with van der Waals surface area (Å²) in [6, 6.07) is 5.79. The van der Waals surface area contributed by atoms with Crippen LogP contribution in [0.4, 0.5) is 0 Å². The third-order valence-corrected chi connectivity index (χ3v) is 3.46. The molecule has 0 bridgehead atoms. The van der Waals surface area contributed by atoms with Crippen molar-refractivity contribution in [3.63, 3.8) is 0 Å². The predicted molar refractivity (Wildman–Crippen MR) is 85.8 cm³/mol. The summed E-state index contributed by atoms with van der Waals surface area (Å²) in [7, 11) is 1.64. The second-order valence-corrected chi connectivity index (χ2v) is 5.71. The first-order chi connectivity index (χ1) is 10.1. The number of benzene rings is 1. The molecular formula is C18H28O3. The van der Waals surface area contributed by atoms with Gasteiger partial charge in [0, 0.05) is 7.11 Å². The lowest BCUT2D eigenvalue weighted by Crippen LogP contribution is -2.23. The minimum Gasteiger partial charge on any atom is -0.456 e. The highest BCUT2D eigenvalue weighted by Gasteiger charge is 2.16. The van der Waals surface area contributed by atoms with Crippen molar-refractivity contribution in [3.05, 3.63) is 34.9 Å². The number of carbonyl (C=O) groups is 1. The Morgan fingerprint density at radius 2 is 1.76 bits per heavy atom. The highest BCUT2D eigenvalue weighted by molar-refractivity contribution is 5.90. The number of ether oxygens (including phenoxy) is 2. The molecule has 0 spiro atoms. The summed E-state index contributed by atoms with van der Waals surface area (Å²) in [4.78, 5) is 12.2. The van der Waals surface area contributed by atoms with Gasteiger partial charge in [-0.05, 0) is 38.8 Å². The molecule has 0 amide bonds. The zero-order valence-corrected chi connectivity index (χ0v) is 13.8. The fourth-order valence-corrected chi connectivity index (χ4v) is 2.47. The fraction of sp³-hybridized carbons (Fsp3) is 0.611. The maximum atomic E-state index is 12.2. The molecule has 0 fully saturated rings. The minimum absolute atomic E-state index is 0.153. The first-order valence-corrected chi connectivity index (χ1v) is 7.85. The Balaban J connectivity index is 2.58. The fourth-order valence-electron chi connectivity index (χ4n) is 2.47. The number of esters is 1. The predicted octanol–water partition coefficient (Wildman–Crippen LogP) is 4.45. The zero-order valence-electron chi connectivity index (χ0n) is 13.8. The van der Waals surface area contributed by atoms with Gasteiger partial charge in [0.25, 0.3) is 0 Å². The molecule has 118 valence electrons. The normalized spacial score (nSPS) is 12.2. The second kappa shape index (κ2) is 9.56. The third-order valence-electron chi connectivity index (χ3n) is 3.46. The molecule has 1 unspecified atom stereocenters. The molecule has 1 aromatic carbocycles. The molecule has 3 nitrogen and oxygen atoms in total. The van der Waals surface area contributed by atoms with E-state index in [1.807, 2.05) is 32.0 Å². The van der Waals surface area contributed by atoms with Crippen LogP contribution in [0.25, 0.3) is 0 Å². The van der Waals surface area contributed by atoms with Crippen LogP contribution in [-0.4, -0.2) is 25.8 Å². The van der Waals surface area contributed by atoms with Gasteiger partial charge in [-0.15, -0.1) is 0 Å². The van der Waals surface area contributed by atoms with Crippen molar-refractivity contribution >= 4 is 5.97 Å². The van der Waals surface area contributed by atoms with E-state index in [0.717, 1.165) is 24.0 Å². The summed E-state index contributed by atoms with van der Waals surface area (Å²) >= 11 is 0. The molecule has 1 atom stereocenters. The Hall–Kier alpha value is -1.35. The molecule has 0 saturated carbocycles. The van der Waals surface area contributed by atoms with Crippen molar-refractivity contribution in [2.24, 2.45) is 0 Å². The Labute approximate surface area is 128 Å². The van der Waals surface area contributed by atoms with Gasteiger partial charge in [-0.25, -0.2) is 4.79 Å². The van der Waals surface area contributed by atoms with Gasteiger partial charge in [0.15, 0.2) is 0 Å². The number of unbranched alkanes of at least 4 members (excludes halogenated alkanes) is 3. The minimum atomic E-state index is -0.251. The molecule has 1 aromatic rings. The smallest absolute Gasteiger partial charge is 0.338 e. The van der Waals surface area contributed by atoms with Crippen LogP contribution in [-0.2, 0) is 9.47 Å². The van der Waals surface area contributed by atoms with E-state index >= 15 is 0 Å². The van der Waals surface area contributed by atoms with Gasteiger partial charge in [-0.2, -0.15) is 0 Å². The van der Waals surface area contributed by atoms with Gasteiger partial charge in [0.1, 0.15) is 6.10 Å². The SMILES string of the molecule is CCCCCCC(COC)OC(=O)c1cc(C)cc(C)c1. The van der Waals surface area contributed by atoms with Gasteiger partial charge in [-0.3, -0.25) is 0 Å². The number of methoxy groups -OCH3 is 1.